The van der Waals surface area contributed by atoms with Crippen molar-refractivity contribution in [2.75, 3.05) is 6.61 Å². The van der Waals surface area contributed by atoms with Gasteiger partial charge in [-0.25, -0.2) is 4.98 Å². The molecule has 2 heterocycles. The second-order valence-electron chi connectivity index (χ2n) is 12.1. The summed E-state index contributed by atoms with van der Waals surface area (Å²) in [5, 5.41) is 11.6. The fourth-order valence-corrected chi connectivity index (χ4v) is 9.09. The number of aliphatic hydroxyl groups is 1. The van der Waals surface area contributed by atoms with Crippen LogP contribution in [0, 0.1) is 5.41 Å². The highest BCUT2D eigenvalue weighted by Crippen LogP contribution is 2.52. The molecule has 3 aliphatic carbocycles. The van der Waals surface area contributed by atoms with Crippen LogP contribution in [0.5, 0.6) is 0 Å². The zero-order valence-corrected chi connectivity index (χ0v) is 24.0. The number of esters is 1. The van der Waals surface area contributed by atoms with E-state index in [0.717, 1.165) is 47.7 Å². The first-order valence-corrected chi connectivity index (χ1v) is 17.3. The van der Waals surface area contributed by atoms with Crippen molar-refractivity contribution in [3.05, 3.63) is 93.6 Å². The number of aryl methyl sites for hydroxylation is 1. The minimum Gasteiger partial charge on any atom is -0.460 e. The first-order chi connectivity index (χ1) is 18.7. The second-order valence-corrected chi connectivity index (χ2v) is 17.2. The number of aliphatic hydroxyl groups excluding tert-OH is 1. The van der Waals surface area contributed by atoms with Crippen molar-refractivity contribution < 1.29 is 19.4 Å². The number of carbonyl (C=O) groups is 2. The number of allylic oxidation sites excluding steroid dienone is 5. The van der Waals surface area contributed by atoms with E-state index >= 15 is 0 Å². The summed E-state index contributed by atoms with van der Waals surface area (Å²) in [5.41, 5.74) is 6.33. The van der Waals surface area contributed by atoms with Crippen LogP contribution in [0.3, 0.4) is 0 Å². The molecule has 1 aromatic heterocycles. The topological polar surface area (TPSA) is 81.4 Å². The Labute approximate surface area is 230 Å². The van der Waals surface area contributed by atoms with Crippen LogP contribution in [0.2, 0.25) is 19.1 Å². The number of imidazole rings is 1. The van der Waals surface area contributed by atoms with E-state index in [4.69, 9.17) is 4.74 Å². The lowest BCUT2D eigenvalue weighted by Gasteiger charge is -2.42. The van der Waals surface area contributed by atoms with E-state index < -0.39 is 19.2 Å². The van der Waals surface area contributed by atoms with Crippen LogP contribution >= 0.6 is 0 Å². The molecular weight excluding hydrogens is 504 g/mol. The van der Waals surface area contributed by atoms with E-state index in [1.165, 1.54) is 16.7 Å². The Morgan fingerprint density at radius 2 is 1.95 bits per heavy atom. The fourth-order valence-electron chi connectivity index (χ4n) is 6.79. The zero-order chi connectivity index (χ0) is 27.4. The van der Waals surface area contributed by atoms with Gasteiger partial charge >= 0.3 is 5.97 Å². The Balaban J connectivity index is 1.30. The van der Waals surface area contributed by atoms with Crippen molar-refractivity contribution in [3.8, 4) is 0 Å². The van der Waals surface area contributed by atoms with Crippen molar-refractivity contribution in [2.45, 2.75) is 70.4 Å². The summed E-state index contributed by atoms with van der Waals surface area (Å²) in [6, 6.07) is 9.28. The number of aromatic nitrogens is 2. The Kier molecular flexibility index (Phi) is 6.47. The van der Waals surface area contributed by atoms with Crippen molar-refractivity contribution in [3.63, 3.8) is 0 Å². The van der Waals surface area contributed by atoms with Gasteiger partial charge in [-0.15, -0.1) is 0 Å². The molecule has 1 N–H and O–H groups in total. The molecule has 2 atom stereocenters. The summed E-state index contributed by atoms with van der Waals surface area (Å²) in [6.07, 6.45) is 13.0. The summed E-state index contributed by atoms with van der Waals surface area (Å²) in [6.45, 7) is 7.22. The maximum atomic E-state index is 14.0. The third kappa shape index (κ3) is 4.32. The molecule has 0 fully saturated rings. The van der Waals surface area contributed by atoms with Gasteiger partial charge in [-0.1, -0.05) is 62.5 Å². The highest BCUT2D eigenvalue weighted by Gasteiger charge is 2.52. The van der Waals surface area contributed by atoms with E-state index in [2.05, 4.69) is 46.9 Å². The first-order valence-electron chi connectivity index (χ1n) is 14.1. The predicted octanol–water partition coefficient (Wildman–Crippen LogP) is 5.37. The number of fused-ring (bicyclic) bond motifs is 3. The van der Waals surface area contributed by atoms with Gasteiger partial charge < -0.3 is 14.4 Å². The molecule has 39 heavy (non-hydrogen) atoms. The van der Waals surface area contributed by atoms with Gasteiger partial charge in [0, 0.05) is 35.8 Å². The lowest BCUT2D eigenvalue weighted by molar-refractivity contribution is -0.156. The number of carbonyl (C=O) groups excluding carboxylic acids is 2. The van der Waals surface area contributed by atoms with Crippen LogP contribution in [-0.4, -0.2) is 46.8 Å². The molecule has 0 bridgehead atoms. The van der Waals surface area contributed by atoms with E-state index in [-0.39, 0.29) is 18.4 Å². The van der Waals surface area contributed by atoms with Crippen LogP contribution in [0.15, 0.2) is 82.5 Å². The van der Waals surface area contributed by atoms with Gasteiger partial charge in [-0.05, 0) is 65.5 Å². The van der Waals surface area contributed by atoms with Gasteiger partial charge in [0.05, 0.1) is 19.8 Å². The number of ether oxygens (including phenoxy) is 1. The standard InChI is InChI=1S/C32H36N2O4Si/c1-4-32(18-28(35)39(2,3)13-7-11-34-12-10-33-20-34)27-17-24-15-23-14-21-8-5-6-9-22(21)16-25(23)29(24)30(36)26(27)19-38-31(32)37/h5-6,8-10,12,14,17,20,28,35H,4,7,11,13,15-16,18-19H2,1-3H3. The van der Waals surface area contributed by atoms with Crippen molar-refractivity contribution in [2.24, 2.45) is 5.41 Å². The van der Waals surface area contributed by atoms with Gasteiger partial charge in [0.25, 0.3) is 0 Å². The molecule has 2 aromatic rings. The third-order valence-corrected chi connectivity index (χ3v) is 13.0. The molecule has 0 saturated heterocycles. The van der Waals surface area contributed by atoms with Crippen LogP contribution in [-0.2, 0) is 27.3 Å². The first kappa shape index (κ1) is 26.0. The largest absolute Gasteiger partial charge is 0.460 e. The number of Topliss-reactive ketones (excluding diaryl/α,β-unsaturated/α-hetero) is 1. The Morgan fingerprint density at radius 1 is 1.13 bits per heavy atom. The number of rotatable bonds is 8. The molecule has 2 unspecified atom stereocenters. The van der Waals surface area contributed by atoms with Crippen LogP contribution in [0.4, 0.5) is 0 Å². The molecule has 4 aliphatic rings. The van der Waals surface area contributed by atoms with Crippen molar-refractivity contribution >= 4 is 25.9 Å². The molecule has 0 spiro atoms. The maximum Gasteiger partial charge on any atom is 0.316 e. The molecule has 7 heteroatoms. The summed E-state index contributed by atoms with van der Waals surface area (Å²) in [7, 11) is -2.11. The SMILES string of the molecule is CCC1(CC(O)[Si](C)(C)CCCn2ccnc2)C(=O)OCC2=C1C=C1CC3=Cc4ccccc4CC3=C1C2=O. The minimum absolute atomic E-state index is 0.00284. The van der Waals surface area contributed by atoms with Crippen LogP contribution < -0.4 is 0 Å². The third-order valence-electron chi connectivity index (χ3n) is 9.39. The maximum absolute atomic E-state index is 14.0. The van der Waals surface area contributed by atoms with E-state index in [1.807, 2.05) is 31.6 Å². The number of cyclic esters (lactones) is 1. The monoisotopic (exact) mass is 540 g/mol. The summed E-state index contributed by atoms with van der Waals surface area (Å²) in [5.74, 6) is -0.314. The highest BCUT2D eigenvalue weighted by molar-refractivity contribution is 6.78. The number of ketones is 1. The number of hydrogen-bond acceptors (Lipinski definition) is 5. The lowest BCUT2D eigenvalue weighted by atomic mass is 9.68. The quantitative estimate of drug-likeness (QED) is 0.360. The van der Waals surface area contributed by atoms with Crippen molar-refractivity contribution in [1.29, 1.82) is 0 Å². The van der Waals surface area contributed by atoms with E-state index in [0.29, 0.717) is 24.8 Å². The van der Waals surface area contributed by atoms with E-state index in [9.17, 15) is 14.7 Å². The minimum atomic E-state index is -2.11. The molecule has 0 amide bonds. The molecule has 202 valence electrons. The number of nitrogens with zero attached hydrogens (tertiary/aromatic N) is 2. The zero-order valence-electron chi connectivity index (χ0n) is 23.0. The molecule has 0 radical (unpaired) electrons. The highest BCUT2D eigenvalue weighted by atomic mass is 28.3. The van der Waals surface area contributed by atoms with Crippen LogP contribution in [0.1, 0.15) is 43.7 Å². The van der Waals surface area contributed by atoms with Gasteiger partial charge in [-0.3, -0.25) is 9.59 Å². The average molecular weight is 541 g/mol. The molecule has 0 saturated carbocycles. The fraction of sp³-hybridized carbons (Fsp3) is 0.406. The van der Waals surface area contributed by atoms with Gasteiger partial charge in [0.1, 0.15) is 6.61 Å². The smallest absolute Gasteiger partial charge is 0.316 e. The summed E-state index contributed by atoms with van der Waals surface area (Å²) in [4.78, 5) is 31.6. The Morgan fingerprint density at radius 3 is 2.72 bits per heavy atom. The number of benzene rings is 1. The van der Waals surface area contributed by atoms with Crippen LogP contribution in [0.25, 0.3) is 6.08 Å². The number of hydrogen-bond donors (Lipinski definition) is 1. The predicted molar refractivity (Wildman–Crippen MR) is 153 cm³/mol. The van der Waals surface area contributed by atoms with Gasteiger partial charge in [0.2, 0.25) is 0 Å². The molecule has 6 rings (SSSR count). The van der Waals surface area contributed by atoms with Gasteiger partial charge in [0.15, 0.2) is 5.78 Å². The Hall–Kier alpha value is -3.29. The van der Waals surface area contributed by atoms with Gasteiger partial charge in [-0.2, -0.15) is 0 Å². The summed E-state index contributed by atoms with van der Waals surface area (Å²) < 4.78 is 7.77. The average Bonchev–Trinajstić information content (AvgIpc) is 3.56. The lowest BCUT2D eigenvalue weighted by Crippen LogP contribution is -2.50. The molecular formula is C32H36N2O4Si. The summed E-state index contributed by atoms with van der Waals surface area (Å²) >= 11 is 0. The Bertz CT molecular complexity index is 1480. The molecule has 6 nitrogen and oxygen atoms in total. The molecule has 1 aliphatic heterocycles. The van der Waals surface area contributed by atoms with E-state index in [1.54, 1.807) is 6.20 Å². The second kappa shape index (κ2) is 9.72. The molecule has 1 aromatic carbocycles. The van der Waals surface area contributed by atoms with Crippen molar-refractivity contribution in [1.82, 2.24) is 9.55 Å². The normalized spacial score (nSPS) is 23.0.